The first-order valence-corrected chi connectivity index (χ1v) is 10.0. The molecule has 3 aromatic rings. The average molecular weight is 411 g/mol. The van der Waals surface area contributed by atoms with Gasteiger partial charge in [-0.15, -0.1) is 11.6 Å². The summed E-state index contributed by atoms with van der Waals surface area (Å²) in [4.78, 5) is 24.6. The van der Waals surface area contributed by atoms with Crippen LogP contribution in [0.25, 0.3) is 11.1 Å². The van der Waals surface area contributed by atoms with Crippen molar-refractivity contribution >= 4 is 34.4 Å². The van der Waals surface area contributed by atoms with E-state index in [0.29, 0.717) is 5.56 Å². The van der Waals surface area contributed by atoms with E-state index in [-0.39, 0.29) is 11.7 Å². The van der Waals surface area contributed by atoms with Crippen molar-refractivity contribution in [3.8, 4) is 11.1 Å². The highest BCUT2D eigenvalue weighted by Gasteiger charge is 2.19. The molecule has 5 heteroatoms. The normalized spacial score (nSPS) is 11.6. The summed E-state index contributed by atoms with van der Waals surface area (Å²) in [5.74, 6) is -0.481. The van der Waals surface area contributed by atoms with E-state index < -0.39 is 11.3 Å². The number of benzene rings is 3. The van der Waals surface area contributed by atoms with Crippen LogP contribution in [0.2, 0.25) is 0 Å². The topological polar surface area (TPSA) is 43.4 Å². The van der Waals surface area contributed by atoms with Gasteiger partial charge >= 0.3 is 5.97 Å². The van der Waals surface area contributed by atoms with Gasteiger partial charge in [0.05, 0.1) is 0 Å². The number of ether oxygens (including phenoxy) is 1. The molecule has 0 aliphatic heterocycles. The summed E-state index contributed by atoms with van der Waals surface area (Å²) < 4.78 is 5.31. The lowest BCUT2D eigenvalue weighted by atomic mass is 10.0. The molecular formula is C23H19ClO3S. The number of carbonyl (C=O) groups excluding carboxylic acids is 2. The maximum Gasteiger partial charge on any atom is 0.328 e. The lowest BCUT2D eigenvalue weighted by molar-refractivity contribution is -0.144. The first-order chi connectivity index (χ1) is 13.5. The SMILES string of the molecule is CC(=O)Sc1ccccc1-c1ccc(C(Cl)C(=O)OCc2ccccc2)cc1. The average Bonchev–Trinajstić information content (AvgIpc) is 2.72. The van der Waals surface area contributed by atoms with Gasteiger partial charge in [-0.25, -0.2) is 0 Å². The van der Waals surface area contributed by atoms with Gasteiger partial charge < -0.3 is 4.74 Å². The molecule has 1 unspecified atom stereocenters. The number of alkyl halides is 1. The largest absolute Gasteiger partial charge is 0.459 e. The minimum Gasteiger partial charge on any atom is -0.459 e. The van der Waals surface area contributed by atoms with Crippen molar-refractivity contribution in [2.45, 2.75) is 23.8 Å². The Bertz CT molecular complexity index is 955. The molecule has 0 aliphatic rings. The molecule has 3 aromatic carbocycles. The molecule has 0 bridgehead atoms. The van der Waals surface area contributed by atoms with Crippen LogP contribution in [0.5, 0.6) is 0 Å². The minimum absolute atomic E-state index is 0.0334. The molecule has 0 N–H and O–H groups in total. The summed E-state index contributed by atoms with van der Waals surface area (Å²) in [6, 6.07) is 24.6. The second kappa shape index (κ2) is 9.58. The number of halogens is 1. The van der Waals surface area contributed by atoms with E-state index in [0.717, 1.165) is 21.6 Å². The molecule has 3 nitrogen and oxygen atoms in total. The Kier molecular flexibility index (Phi) is 6.90. The molecule has 0 fully saturated rings. The number of thioether (sulfide) groups is 1. The van der Waals surface area contributed by atoms with Crippen molar-refractivity contribution in [1.29, 1.82) is 0 Å². The van der Waals surface area contributed by atoms with Gasteiger partial charge in [0, 0.05) is 11.8 Å². The third-order valence-electron chi connectivity index (χ3n) is 4.09. The van der Waals surface area contributed by atoms with Gasteiger partial charge in [-0.2, -0.15) is 0 Å². The highest BCUT2D eigenvalue weighted by atomic mass is 35.5. The molecule has 28 heavy (non-hydrogen) atoms. The zero-order valence-corrected chi connectivity index (χ0v) is 16.9. The summed E-state index contributed by atoms with van der Waals surface area (Å²) in [6.45, 7) is 1.74. The number of rotatable bonds is 6. The molecule has 3 rings (SSSR count). The van der Waals surface area contributed by atoms with Crippen LogP contribution in [0, 0.1) is 0 Å². The lowest BCUT2D eigenvalue weighted by Crippen LogP contribution is -2.11. The summed E-state index contributed by atoms with van der Waals surface area (Å²) in [6.07, 6.45) is 0. The highest BCUT2D eigenvalue weighted by molar-refractivity contribution is 8.13. The number of carbonyl (C=O) groups is 2. The van der Waals surface area contributed by atoms with Gasteiger partial charge in [-0.05, 0) is 28.3 Å². The Hall–Kier alpha value is -2.56. The predicted octanol–water partition coefficient (Wildman–Crippen LogP) is 6.02. The van der Waals surface area contributed by atoms with E-state index in [1.807, 2.05) is 78.9 Å². The third kappa shape index (κ3) is 5.24. The van der Waals surface area contributed by atoms with Crippen LogP contribution in [0.3, 0.4) is 0 Å². The molecule has 142 valence electrons. The lowest BCUT2D eigenvalue weighted by Gasteiger charge is -2.12. The van der Waals surface area contributed by atoms with E-state index in [1.165, 1.54) is 11.8 Å². The van der Waals surface area contributed by atoms with E-state index in [2.05, 4.69) is 0 Å². The van der Waals surface area contributed by atoms with E-state index >= 15 is 0 Å². The highest BCUT2D eigenvalue weighted by Crippen LogP contribution is 2.33. The van der Waals surface area contributed by atoms with Crippen molar-refractivity contribution in [1.82, 2.24) is 0 Å². The smallest absolute Gasteiger partial charge is 0.328 e. The van der Waals surface area contributed by atoms with Gasteiger partial charge in [0.1, 0.15) is 6.61 Å². The molecule has 0 heterocycles. The fraction of sp³-hybridized carbons (Fsp3) is 0.130. The molecule has 0 saturated carbocycles. The Morgan fingerprint density at radius 1 is 0.929 bits per heavy atom. The standard InChI is InChI=1S/C23H19ClO3S/c1-16(25)28-21-10-6-5-9-20(21)18-11-13-19(14-12-18)22(24)23(26)27-15-17-7-3-2-4-8-17/h2-14,22H,15H2,1H3. The molecule has 0 radical (unpaired) electrons. The maximum absolute atomic E-state index is 12.3. The summed E-state index contributed by atoms with van der Waals surface area (Å²) >= 11 is 7.50. The zero-order valence-electron chi connectivity index (χ0n) is 15.3. The van der Waals surface area contributed by atoms with Gasteiger partial charge in [0.25, 0.3) is 0 Å². The van der Waals surface area contributed by atoms with Crippen molar-refractivity contribution in [3.05, 3.63) is 90.0 Å². The van der Waals surface area contributed by atoms with Crippen LogP contribution in [0.1, 0.15) is 23.4 Å². The van der Waals surface area contributed by atoms with Gasteiger partial charge in [-0.3, -0.25) is 9.59 Å². The number of hydrogen-bond acceptors (Lipinski definition) is 4. The number of esters is 1. The summed E-state index contributed by atoms with van der Waals surface area (Å²) in [7, 11) is 0. The molecule has 1 atom stereocenters. The van der Waals surface area contributed by atoms with Crippen molar-refractivity contribution in [2.75, 3.05) is 0 Å². The van der Waals surface area contributed by atoms with Gasteiger partial charge in [-0.1, -0.05) is 84.6 Å². The molecule has 0 saturated heterocycles. The Morgan fingerprint density at radius 3 is 2.25 bits per heavy atom. The molecule has 0 amide bonds. The molecule has 0 aromatic heterocycles. The second-order valence-electron chi connectivity index (χ2n) is 6.17. The summed E-state index contributed by atoms with van der Waals surface area (Å²) in [5.41, 5.74) is 3.50. The van der Waals surface area contributed by atoms with Crippen molar-refractivity contribution in [2.24, 2.45) is 0 Å². The van der Waals surface area contributed by atoms with E-state index in [9.17, 15) is 9.59 Å². The fourth-order valence-corrected chi connectivity index (χ4v) is 3.68. The van der Waals surface area contributed by atoms with Crippen molar-refractivity contribution in [3.63, 3.8) is 0 Å². The summed E-state index contributed by atoms with van der Waals surface area (Å²) in [5, 5.41) is -0.842. The number of hydrogen-bond donors (Lipinski definition) is 0. The van der Waals surface area contributed by atoms with Crippen LogP contribution in [0.15, 0.2) is 83.8 Å². The van der Waals surface area contributed by atoms with Crippen LogP contribution in [-0.2, 0) is 20.9 Å². The van der Waals surface area contributed by atoms with Gasteiger partial charge in [0.2, 0.25) is 0 Å². The van der Waals surface area contributed by atoms with Crippen molar-refractivity contribution < 1.29 is 14.3 Å². The predicted molar refractivity (Wildman–Crippen MR) is 113 cm³/mol. The van der Waals surface area contributed by atoms with Crippen LogP contribution < -0.4 is 0 Å². The first kappa shape index (κ1) is 20.2. The molecule has 0 aliphatic carbocycles. The fourth-order valence-electron chi connectivity index (χ4n) is 2.72. The Balaban J connectivity index is 1.70. The van der Waals surface area contributed by atoms with Crippen LogP contribution in [0.4, 0.5) is 0 Å². The minimum atomic E-state index is -0.875. The Labute approximate surface area is 173 Å². The third-order valence-corrected chi connectivity index (χ3v) is 5.38. The van der Waals surface area contributed by atoms with E-state index in [4.69, 9.17) is 16.3 Å². The zero-order chi connectivity index (χ0) is 19.9. The monoisotopic (exact) mass is 410 g/mol. The Morgan fingerprint density at radius 2 is 1.57 bits per heavy atom. The van der Waals surface area contributed by atoms with Crippen LogP contribution in [-0.4, -0.2) is 11.1 Å². The molecular weight excluding hydrogens is 392 g/mol. The van der Waals surface area contributed by atoms with Gasteiger partial charge in [0.15, 0.2) is 10.5 Å². The van der Waals surface area contributed by atoms with Crippen LogP contribution >= 0.6 is 23.4 Å². The second-order valence-corrected chi connectivity index (χ2v) is 7.82. The first-order valence-electron chi connectivity index (χ1n) is 8.77. The quantitative estimate of drug-likeness (QED) is 0.283. The maximum atomic E-state index is 12.3. The van der Waals surface area contributed by atoms with E-state index in [1.54, 1.807) is 6.92 Å². The molecule has 0 spiro atoms.